The molecular formula is C12H22ClN3O6. The highest BCUT2D eigenvalue weighted by Crippen LogP contribution is 2.18. The number of carboxylic acid groups (broad SMARTS) is 3. The number of rotatable bonds is 3. The number of aliphatic carboxylic acids is 3. The van der Waals surface area contributed by atoms with Crippen molar-refractivity contribution in [3.63, 3.8) is 0 Å². The third-order valence-corrected chi connectivity index (χ3v) is 3.41. The molecule has 0 amide bonds. The zero-order chi connectivity index (χ0) is 17.1. The lowest BCUT2D eigenvalue weighted by Gasteiger charge is -2.09. The molecular weight excluding hydrogens is 318 g/mol. The number of carbonyl (C=O) groups is 3. The summed E-state index contributed by atoms with van der Waals surface area (Å²) in [6.45, 7) is 1.27. The Morgan fingerprint density at radius 2 is 1.73 bits per heavy atom. The first-order valence-electron chi connectivity index (χ1n) is 6.82. The van der Waals surface area contributed by atoms with Gasteiger partial charge in [0.2, 0.25) is 0 Å². The van der Waals surface area contributed by atoms with Gasteiger partial charge in [-0.3, -0.25) is 14.4 Å². The first-order valence-corrected chi connectivity index (χ1v) is 7.16. The van der Waals surface area contributed by atoms with E-state index in [0.717, 1.165) is 25.8 Å². The van der Waals surface area contributed by atoms with Crippen molar-refractivity contribution in [2.75, 3.05) is 19.6 Å². The third-order valence-electron chi connectivity index (χ3n) is 3.01. The average molecular weight is 340 g/mol. The Labute approximate surface area is 133 Å². The van der Waals surface area contributed by atoms with E-state index in [4.69, 9.17) is 27.1 Å². The van der Waals surface area contributed by atoms with Crippen molar-refractivity contribution in [2.45, 2.75) is 37.8 Å². The minimum atomic E-state index is -0.968. The second kappa shape index (κ2) is 11.2. The molecule has 9 nitrogen and oxygen atoms in total. The molecule has 10 heteroatoms. The highest BCUT2D eigenvalue weighted by Gasteiger charge is 2.28. The van der Waals surface area contributed by atoms with Crippen LogP contribution in [0.5, 0.6) is 0 Å². The minimum absolute atomic E-state index is 0.269. The summed E-state index contributed by atoms with van der Waals surface area (Å²) < 4.78 is 1.35. The third kappa shape index (κ3) is 8.78. The molecule has 0 aromatic heterocycles. The van der Waals surface area contributed by atoms with E-state index in [9.17, 15) is 14.4 Å². The monoisotopic (exact) mass is 339 g/mol. The standard InChI is InChI=1S/C5H8ClNO2.C5H9NO2.C2H5NO2/c6-7-3-1-2-4(7)5(8)9;7-5(8)4-2-1-3-6-4;3-1-2(4)5/h4H,1-3H2,(H,8,9);4,6H,1-3H2,(H,7,8);1,3H2,(H,4,5)/t2*4-;/m00./s1. The molecule has 2 atom stereocenters. The van der Waals surface area contributed by atoms with E-state index in [1.165, 1.54) is 4.42 Å². The molecule has 0 spiro atoms. The number of carboxylic acids is 3. The first kappa shape index (κ1) is 20.6. The number of hydrogen-bond acceptors (Lipinski definition) is 6. The summed E-state index contributed by atoms with van der Waals surface area (Å²) in [5.74, 6) is -2.50. The maximum absolute atomic E-state index is 10.3. The Morgan fingerprint density at radius 1 is 1.14 bits per heavy atom. The quantitative estimate of drug-likeness (QED) is 0.430. The van der Waals surface area contributed by atoms with Crippen molar-refractivity contribution in [1.82, 2.24) is 9.74 Å². The fourth-order valence-corrected chi connectivity index (χ4v) is 2.17. The summed E-state index contributed by atoms with van der Waals surface area (Å²) in [4.78, 5) is 29.7. The lowest BCUT2D eigenvalue weighted by molar-refractivity contribution is -0.141. The molecule has 2 saturated heterocycles. The number of nitrogens with one attached hydrogen (secondary N) is 1. The number of hydrogen-bond donors (Lipinski definition) is 5. The Kier molecular flexibility index (Phi) is 10.5. The maximum atomic E-state index is 10.3. The summed E-state index contributed by atoms with van der Waals surface area (Å²) >= 11 is 5.53. The van der Waals surface area contributed by atoms with Crippen LogP contribution in [0.3, 0.4) is 0 Å². The zero-order valence-corrected chi connectivity index (χ0v) is 12.8. The van der Waals surface area contributed by atoms with Crippen molar-refractivity contribution in [3.8, 4) is 0 Å². The molecule has 6 N–H and O–H groups in total. The van der Waals surface area contributed by atoms with Crippen LogP contribution in [0.2, 0.25) is 0 Å². The van der Waals surface area contributed by atoms with Crippen LogP contribution in [0.15, 0.2) is 0 Å². The molecule has 0 aromatic rings. The second-order valence-corrected chi connectivity index (χ2v) is 5.14. The number of nitrogens with two attached hydrogens (primary N) is 1. The summed E-state index contributed by atoms with van der Waals surface area (Å²) in [7, 11) is 0. The van der Waals surface area contributed by atoms with Crippen LogP contribution in [0, 0.1) is 0 Å². The molecule has 0 aliphatic carbocycles. The molecule has 0 aromatic carbocycles. The minimum Gasteiger partial charge on any atom is -0.480 e. The van der Waals surface area contributed by atoms with Gasteiger partial charge in [-0.15, -0.1) is 0 Å². The van der Waals surface area contributed by atoms with Crippen molar-refractivity contribution in [3.05, 3.63) is 0 Å². The van der Waals surface area contributed by atoms with Gasteiger partial charge >= 0.3 is 17.9 Å². The van der Waals surface area contributed by atoms with Crippen LogP contribution in [-0.4, -0.2) is 69.4 Å². The zero-order valence-electron chi connectivity index (χ0n) is 12.1. The van der Waals surface area contributed by atoms with Gasteiger partial charge in [0.25, 0.3) is 0 Å². The van der Waals surface area contributed by atoms with E-state index in [1.54, 1.807) is 0 Å². The van der Waals surface area contributed by atoms with Crippen LogP contribution >= 0.6 is 11.8 Å². The molecule has 0 radical (unpaired) electrons. The van der Waals surface area contributed by atoms with Gasteiger partial charge in [0.05, 0.1) is 6.54 Å². The van der Waals surface area contributed by atoms with Crippen LogP contribution < -0.4 is 11.1 Å². The normalized spacial score (nSPS) is 23.7. The molecule has 2 heterocycles. The van der Waals surface area contributed by atoms with E-state index >= 15 is 0 Å². The molecule has 0 bridgehead atoms. The molecule has 2 fully saturated rings. The highest BCUT2D eigenvalue weighted by atomic mass is 35.5. The average Bonchev–Trinajstić information content (AvgIpc) is 3.10. The van der Waals surface area contributed by atoms with E-state index in [1.807, 2.05) is 0 Å². The Hall–Kier alpha value is -1.42. The summed E-state index contributed by atoms with van der Waals surface area (Å²) in [6.07, 6.45) is 3.35. The second-order valence-electron chi connectivity index (χ2n) is 4.70. The van der Waals surface area contributed by atoms with Gasteiger partial charge in [-0.05, 0) is 44.0 Å². The summed E-state index contributed by atoms with van der Waals surface area (Å²) in [5.41, 5.74) is 4.57. The Bertz CT molecular complexity index is 376. The van der Waals surface area contributed by atoms with E-state index in [2.05, 4.69) is 11.1 Å². The lowest BCUT2D eigenvalue weighted by atomic mass is 10.2. The predicted molar refractivity (Wildman–Crippen MR) is 78.6 cm³/mol. The molecule has 2 rings (SSSR count). The van der Waals surface area contributed by atoms with E-state index in [0.29, 0.717) is 13.0 Å². The van der Waals surface area contributed by atoms with Crippen LogP contribution in [0.25, 0.3) is 0 Å². The Morgan fingerprint density at radius 3 is 1.91 bits per heavy atom. The highest BCUT2D eigenvalue weighted by molar-refractivity contribution is 6.14. The van der Waals surface area contributed by atoms with Crippen molar-refractivity contribution in [1.29, 1.82) is 0 Å². The predicted octanol–water partition coefficient (Wildman–Crippen LogP) is -0.458. The summed E-state index contributed by atoms with van der Waals surface area (Å²) in [5, 5.41) is 27.3. The molecule has 2 aliphatic rings. The van der Waals surface area contributed by atoms with Crippen LogP contribution in [-0.2, 0) is 14.4 Å². The van der Waals surface area contributed by atoms with Crippen LogP contribution in [0.4, 0.5) is 0 Å². The van der Waals surface area contributed by atoms with E-state index < -0.39 is 23.9 Å². The first-order chi connectivity index (χ1) is 10.3. The molecule has 2 aliphatic heterocycles. The van der Waals surface area contributed by atoms with E-state index in [-0.39, 0.29) is 12.6 Å². The Balaban J connectivity index is 0.000000315. The van der Waals surface area contributed by atoms with Crippen LogP contribution in [0.1, 0.15) is 25.7 Å². The van der Waals surface area contributed by atoms with Gasteiger partial charge in [-0.2, -0.15) is 0 Å². The number of halogens is 1. The molecule has 128 valence electrons. The fourth-order valence-electron chi connectivity index (χ4n) is 1.87. The van der Waals surface area contributed by atoms with Gasteiger partial charge in [0.1, 0.15) is 12.1 Å². The van der Waals surface area contributed by atoms with Gasteiger partial charge in [0.15, 0.2) is 0 Å². The van der Waals surface area contributed by atoms with Gasteiger partial charge < -0.3 is 26.4 Å². The fraction of sp³-hybridized carbons (Fsp3) is 0.750. The number of nitrogens with zero attached hydrogens (tertiary/aromatic N) is 1. The van der Waals surface area contributed by atoms with Crippen molar-refractivity contribution < 1.29 is 29.7 Å². The van der Waals surface area contributed by atoms with Gasteiger partial charge in [0, 0.05) is 6.54 Å². The summed E-state index contributed by atoms with van der Waals surface area (Å²) in [6, 6.07) is -0.721. The lowest BCUT2D eigenvalue weighted by Crippen LogP contribution is -2.29. The maximum Gasteiger partial charge on any atom is 0.322 e. The smallest absolute Gasteiger partial charge is 0.322 e. The molecule has 0 unspecified atom stereocenters. The van der Waals surface area contributed by atoms with Gasteiger partial charge in [-0.1, -0.05) is 0 Å². The van der Waals surface area contributed by atoms with Crippen molar-refractivity contribution >= 4 is 29.7 Å². The van der Waals surface area contributed by atoms with Crippen molar-refractivity contribution in [2.24, 2.45) is 5.73 Å². The molecule has 0 saturated carbocycles. The largest absolute Gasteiger partial charge is 0.480 e. The molecule has 22 heavy (non-hydrogen) atoms. The SMILES string of the molecule is NCC(=O)O.O=C(O)[C@@H]1CCCN1.O=C(O)[C@@H]1CCCN1Cl. The van der Waals surface area contributed by atoms with Gasteiger partial charge in [-0.25, -0.2) is 4.42 Å². The topological polar surface area (TPSA) is 153 Å².